The van der Waals surface area contributed by atoms with Crippen LogP contribution < -0.4 is 15.4 Å². The zero-order chi connectivity index (χ0) is 20.5. The van der Waals surface area contributed by atoms with Crippen molar-refractivity contribution < 1.29 is 24.1 Å². The number of phenols is 1. The van der Waals surface area contributed by atoms with E-state index in [2.05, 4.69) is 10.6 Å². The number of fused-ring (bicyclic) bond motifs is 1. The highest BCUT2D eigenvalue weighted by atomic mass is 19.1. The summed E-state index contributed by atoms with van der Waals surface area (Å²) >= 11 is 0. The van der Waals surface area contributed by atoms with Crippen molar-refractivity contribution in [1.29, 1.82) is 0 Å². The largest absolute Gasteiger partial charge is 0.508 e. The zero-order valence-electron chi connectivity index (χ0n) is 16.1. The van der Waals surface area contributed by atoms with Gasteiger partial charge in [-0.25, -0.2) is 4.39 Å². The molecule has 2 atom stereocenters. The molecule has 1 heterocycles. The Morgan fingerprint density at radius 2 is 2.04 bits per heavy atom. The Balaban J connectivity index is 1.62. The summed E-state index contributed by atoms with van der Waals surface area (Å²) in [4.78, 5) is 12.3. The van der Waals surface area contributed by atoms with Crippen molar-refractivity contribution in [2.45, 2.75) is 44.9 Å². The minimum atomic E-state index is -1.07. The maximum absolute atomic E-state index is 13.3. The van der Waals surface area contributed by atoms with E-state index < -0.39 is 23.7 Å². The number of aliphatic hydroxyl groups excluding tert-OH is 1. The van der Waals surface area contributed by atoms with Crippen molar-refractivity contribution in [2.24, 2.45) is 0 Å². The fraction of sp³-hybridized carbons (Fsp3) is 0.381. The molecule has 2 unspecified atom stereocenters. The highest BCUT2D eigenvalue weighted by Gasteiger charge is 2.34. The molecule has 0 saturated carbocycles. The molecular formula is C21H25FN2O4. The van der Waals surface area contributed by atoms with Crippen LogP contribution in [0.15, 0.2) is 36.4 Å². The van der Waals surface area contributed by atoms with Crippen LogP contribution >= 0.6 is 0 Å². The summed E-state index contributed by atoms with van der Waals surface area (Å²) in [5, 5.41) is 25.9. The van der Waals surface area contributed by atoms with Crippen molar-refractivity contribution in [3.05, 3.63) is 53.3 Å². The van der Waals surface area contributed by atoms with E-state index in [1.165, 1.54) is 24.3 Å². The molecule has 1 amide bonds. The summed E-state index contributed by atoms with van der Waals surface area (Å²) in [5.41, 5.74) is 1.85. The molecule has 0 fully saturated rings. The van der Waals surface area contributed by atoms with Gasteiger partial charge in [-0.2, -0.15) is 0 Å². The van der Waals surface area contributed by atoms with Gasteiger partial charge in [0.15, 0.2) is 0 Å². The number of β-amino-alcohol motifs (C(OH)–C–C–N with tert-alkyl or cyclic N) is 1. The van der Waals surface area contributed by atoms with Gasteiger partial charge in [0, 0.05) is 18.2 Å². The van der Waals surface area contributed by atoms with E-state index in [4.69, 9.17) is 4.74 Å². The van der Waals surface area contributed by atoms with Crippen molar-refractivity contribution in [3.63, 3.8) is 0 Å². The number of carbonyl (C=O) groups excluding carboxylic acids is 1. The van der Waals surface area contributed by atoms with E-state index in [-0.39, 0.29) is 18.1 Å². The van der Waals surface area contributed by atoms with Gasteiger partial charge in [-0.15, -0.1) is 0 Å². The van der Waals surface area contributed by atoms with Crippen molar-refractivity contribution >= 4 is 11.6 Å². The van der Waals surface area contributed by atoms with Crippen LogP contribution in [0.2, 0.25) is 0 Å². The van der Waals surface area contributed by atoms with E-state index in [1.54, 1.807) is 12.1 Å². The minimum absolute atomic E-state index is 0.0150. The van der Waals surface area contributed by atoms with Crippen molar-refractivity contribution in [2.75, 3.05) is 11.9 Å². The molecule has 4 N–H and O–H groups in total. The number of hydrogen-bond donors (Lipinski definition) is 4. The number of amides is 1. The molecule has 2 aromatic rings. The maximum Gasteiger partial charge on any atom is 0.268 e. The number of carbonyl (C=O) groups is 1. The smallest absolute Gasteiger partial charge is 0.268 e. The summed E-state index contributed by atoms with van der Waals surface area (Å²) in [6, 6.07) is 9.07. The lowest BCUT2D eigenvalue weighted by Gasteiger charge is -2.32. The van der Waals surface area contributed by atoms with Crippen LogP contribution in [-0.4, -0.2) is 40.4 Å². The van der Waals surface area contributed by atoms with E-state index in [0.29, 0.717) is 17.9 Å². The standard InChI is InChI=1S/C21H25FN2O4/c1-12-8-14(22)5-4-13(12)10-21(2,3)23-11-17(26)19-20(27)24-16-9-15(25)6-7-18(16)28-19/h4-9,17,19,23,25-26H,10-11H2,1-3H3,(H,24,27). The normalized spacial score (nSPS) is 17.5. The monoisotopic (exact) mass is 388 g/mol. The summed E-state index contributed by atoms with van der Waals surface area (Å²) in [5.74, 6) is -0.333. The van der Waals surface area contributed by atoms with E-state index in [9.17, 15) is 19.4 Å². The van der Waals surface area contributed by atoms with Crippen LogP contribution in [0.4, 0.5) is 10.1 Å². The predicted molar refractivity (Wildman–Crippen MR) is 104 cm³/mol. The molecule has 0 aliphatic carbocycles. The third-order valence-corrected chi connectivity index (χ3v) is 4.81. The third-order valence-electron chi connectivity index (χ3n) is 4.81. The average Bonchev–Trinajstić information content (AvgIpc) is 2.61. The summed E-state index contributed by atoms with van der Waals surface area (Å²) < 4.78 is 18.9. The van der Waals surface area contributed by atoms with Gasteiger partial charge >= 0.3 is 0 Å². The summed E-state index contributed by atoms with van der Waals surface area (Å²) in [6.45, 7) is 5.95. The number of ether oxygens (including phenoxy) is 1. The van der Waals surface area contributed by atoms with Crippen molar-refractivity contribution in [3.8, 4) is 11.5 Å². The molecule has 150 valence electrons. The number of hydrogen-bond acceptors (Lipinski definition) is 5. The molecule has 2 aromatic carbocycles. The Morgan fingerprint density at radius 3 is 2.75 bits per heavy atom. The van der Waals surface area contributed by atoms with Gasteiger partial charge < -0.3 is 25.6 Å². The number of halogens is 1. The van der Waals surface area contributed by atoms with Crippen LogP contribution in [0.25, 0.3) is 0 Å². The number of rotatable bonds is 6. The lowest BCUT2D eigenvalue weighted by Crippen LogP contribution is -2.53. The van der Waals surface area contributed by atoms with Crippen LogP contribution in [0.1, 0.15) is 25.0 Å². The SMILES string of the molecule is Cc1cc(F)ccc1CC(C)(C)NCC(O)C1Oc2ccc(O)cc2NC1=O. The van der Waals surface area contributed by atoms with E-state index in [1.807, 2.05) is 20.8 Å². The number of phenolic OH excluding ortho intramolecular Hbond substituents is 1. The minimum Gasteiger partial charge on any atom is -0.508 e. The van der Waals surface area contributed by atoms with Gasteiger partial charge in [-0.3, -0.25) is 4.79 Å². The van der Waals surface area contributed by atoms with Gasteiger partial charge in [-0.1, -0.05) is 6.07 Å². The van der Waals surface area contributed by atoms with E-state index >= 15 is 0 Å². The second-order valence-corrected chi connectivity index (χ2v) is 7.79. The van der Waals surface area contributed by atoms with Crippen LogP contribution in [0.3, 0.4) is 0 Å². The maximum atomic E-state index is 13.3. The van der Waals surface area contributed by atoms with Gasteiger partial charge in [0.2, 0.25) is 6.10 Å². The molecule has 1 aliphatic rings. The third kappa shape index (κ3) is 4.61. The highest BCUT2D eigenvalue weighted by Crippen LogP contribution is 2.33. The zero-order valence-corrected chi connectivity index (χ0v) is 16.1. The van der Waals surface area contributed by atoms with Gasteiger partial charge in [0.1, 0.15) is 23.4 Å². The van der Waals surface area contributed by atoms with Crippen LogP contribution in [-0.2, 0) is 11.2 Å². The molecule has 0 radical (unpaired) electrons. The van der Waals surface area contributed by atoms with Gasteiger partial charge in [-0.05, 0) is 62.6 Å². The van der Waals surface area contributed by atoms with Gasteiger partial charge in [0.25, 0.3) is 5.91 Å². The molecule has 0 spiro atoms. The number of aromatic hydroxyl groups is 1. The first kappa shape index (κ1) is 20.1. The number of aliphatic hydroxyl groups is 1. The molecule has 1 aliphatic heterocycles. The fourth-order valence-electron chi connectivity index (χ4n) is 3.25. The van der Waals surface area contributed by atoms with Gasteiger partial charge in [0.05, 0.1) is 5.69 Å². The Bertz CT molecular complexity index is 885. The molecule has 6 nitrogen and oxygen atoms in total. The number of anilines is 1. The predicted octanol–water partition coefficient (Wildman–Crippen LogP) is 2.51. The molecule has 28 heavy (non-hydrogen) atoms. The Morgan fingerprint density at radius 1 is 1.29 bits per heavy atom. The molecule has 0 bridgehead atoms. The summed E-state index contributed by atoms with van der Waals surface area (Å²) in [7, 11) is 0. The first-order chi connectivity index (χ1) is 13.1. The van der Waals surface area contributed by atoms with Crippen LogP contribution in [0.5, 0.6) is 11.5 Å². The molecule has 0 saturated heterocycles. The molecule has 7 heteroatoms. The molecular weight excluding hydrogens is 363 g/mol. The van der Waals surface area contributed by atoms with Crippen LogP contribution in [0, 0.1) is 12.7 Å². The summed E-state index contributed by atoms with van der Waals surface area (Å²) in [6.07, 6.45) is -1.51. The lowest BCUT2D eigenvalue weighted by molar-refractivity contribution is -0.128. The number of benzene rings is 2. The molecule has 0 aromatic heterocycles. The Hall–Kier alpha value is -2.64. The van der Waals surface area contributed by atoms with Crippen molar-refractivity contribution in [1.82, 2.24) is 5.32 Å². The Kier molecular flexibility index (Phi) is 5.58. The molecule has 3 rings (SSSR count). The number of nitrogens with one attached hydrogen (secondary N) is 2. The first-order valence-corrected chi connectivity index (χ1v) is 9.13. The first-order valence-electron chi connectivity index (χ1n) is 9.13. The highest BCUT2D eigenvalue weighted by molar-refractivity contribution is 5.98. The average molecular weight is 388 g/mol. The quantitative estimate of drug-likeness (QED) is 0.611. The number of aryl methyl sites for hydroxylation is 1. The Labute approximate surface area is 163 Å². The fourth-order valence-corrected chi connectivity index (χ4v) is 3.25. The topological polar surface area (TPSA) is 90.8 Å². The second kappa shape index (κ2) is 7.77. The second-order valence-electron chi connectivity index (χ2n) is 7.79. The van der Waals surface area contributed by atoms with E-state index in [0.717, 1.165) is 11.1 Å². The lowest BCUT2D eigenvalue weighted by atomic mass is 9.92.